The average molecular weight is 176 g/mol. The van der Waals surface area contributed by atoms with Gasteiger partial charge in [0, 0.05) is 25.0 Å². The quantitative estimate of drug-likeness (QED) is 0.737. The van der Waals surface area contributed by atoms with E-state index in [0.29, 0.717) is 0 Å². The van der Waals surface area contributed by atoms with E-state index in [1.807, 2.05) is 31.6 Å². The zero-order valence-corrected chi connectivity index (χ0v) is 7.51. The van der Waals surface area contributed by atoms with Crippen LogP contribution in [0.15, 0.2) is 30.7 Å². The number of nitrogen functional groups attached to an aromatic ring is 1. The van der Waals surface area contributed by atoms with E-state index in [4.69, 9.17) is 5.73 Å². The van der Waals surface area contributed by atoms with Gasteiger partial charge >= 0.3 is 0 Å². The smallest absolute Gasteiger partial charge is 0.126 e. The van der Waals surface area contributed by atoms with Gasteiger partial charge in [0.15, 0.2) is 0 Å². The molecule has 13 heavy (non-hydrogen) atoms. The van der Waals surface area contributed by atoms with Gasteiger partial charge in [-0.15, -0.1) is 0 Å². The Balaban J connectivity index is 2.24. The number of anilines is 1. The molecule has 0 radical (unpaired) electrons. The molecule has 4 nitrogen and oxygen atoms in total. The number of nitrogens with zero attached hydrogens (tertiary/aromatic N) is 3. The van der Waals surface area contributed by atoms with Crippen molar-refractivity contribution in [3.05, 3.63) is 36.3 Å². The molecule has 2 heterocycles. The van der Waals surface area contributed by atoms with Crippen LogP contribution in [-0.4, -0.2) is 14.3 Å². The lowest BCUT2D eigenvalue weighted by Crippen LogP contribution is -2.02. The van der Waals surface area contributed by atoms with Crippen LogP contribution in [0, 0.1) is 0 Å². The summed E-state index contributed by atoms with van der Waals surface area (Å²) in [6.45, 7) is 0.784. The summed E-state index contributed by atoms with van der Waals surface area (Å²) in [6, 6.07) is 3.99. The van der Waals surface area contributed by atoms with Crippen molar-refractivity contribution >= 4 is 5.82 Å². The van der Waals surface area contributed by atoms with Crippen molar-refractivity contribution in [1.82, 2.24) is 14.3 Å². The van der Waals surface area contributed by atoms with Gasteiger partial charge in [0.25, 0.3) is 0 Å². The standard InChI is InChI=1S/C9H12N4/c1-12-9(10)8(6-11-12)7-13-4-2-3-5-13/h2-6H,7,10H2,1H3. The van der Waals surface area contributed by atoms with Gasteiger partial charge in [0.05, 0.1) is 12.7 Å². The summed E-state index contributed by atoms with van der Waals surface area (Å²) >= 11 is 0. The van der Waals surface area contributed by atoms with Gasteiger partial charge in [0.1, 0.15) is 5.82 Å². The number of aryl methyl sites for hydroxylation is 1. The summed E-state index contributed by atoms with van der Waals surface area (Å²) < 4.78 is 3.74. The van der Waals surface area contributed by atoms with E-state index in [0.717, 1.165) is 17.9 Å². The second kappa shape index (κ2) is 2.97. The molecule has 0 saturated heterocycles. The number of hydrogen-bond acceptors (Lipinski definition) is 2. The molecule has 0 atom stereocenters. The van der Waals surface area contributed by atoms with Gasteiger partial charge in [-0.25, -0.2) is 0 Å². The lowest BCUT2D eigenvalue weighted by molar-refractivity contribution is 0.776. The minimum absolute atomic E-state index is 0.730. The fourth-order valence-electron chi connectivity index (χ4n) is 1.29. The van der Waals surface area contributed by atoms with Crippen LogP contribution in [0.4, 0.5) is 5.82 Å². The summed E-state index contributed by atoms with van der Waals surface area (Å²) in [5, 5.41) is 4.08. The number of aromatic nitrogens is 3. The Morgan fingerprint density at radius 2 is 2.08 bits per heavy atom. The fourth-order valence-corrected chi connectivity index (χ4v) is 1.29. The first-order chi connectivity index (χ1) is 6.27. The van der Waals surface area contributed by atoms with Crippen LogP contribution in [0.5, 0.6) is 0 Å². The van der Waals surface area contributed by atoms with Gasteiger partial charge in [-0.05, 0) is 12.1 Å². The Hall–Kier alpha value is -1.71. The van der Waals surface area contributed by atoms with Crippen LogP contribution in [0.1, 0.15) is 5.56 Å². The first kappa shape index (κ1) is 7.91. The molecule has 0 aliphatic heterocycles. The summed E-state index contributed by atoms with van der Waals surface area (Å²) in [5.74, 6) is 0.730. The highest BCUT2D eigenvalue weighted by Gasteiger charge is 2.03. The predicted octanol–water partition coefficient (Wildman–Crippen LogP) is 0.852. The zero-order valence-electron chi connectivity index (χ0n) is 7.51. The maximum absolute atomic E-state index is 5.81. The molecule has 0 saturated carbocycles. The second-order valence-corrected chi connectivity index (χ2v) is 3.03. The van der Waals surface area contributed by atoms with Gasteiger partial charge in [-0.1, -0.05) is 0 Å². The van der Waals surface area contributed by atoms with Crippen LogP contribution < -0.4 is 5.73 Å². The molecule has 0 bridgehead atoms. The molecule has 0 fully saturated rings. The maximum Gasteiger partial charge on any atom is 0.126 e. The van der Waals surface area contributed by atoms with Crippen molar-refractivity contribution in [3.63, 3.8) is 0 Å². The molecule has 0 amide bonds. The van der Waals surface area contributed by atoms with E-state index in [1.165, 1.54) is 0 Å². The van der Waals surface area contributed by atoms with Crippen LogP contribution >= 0.6 is 0 Å². The summed E-state index contributed by atoms with van der Waals surface area (Å²) in [5.41, 5.74) is 6.86. The molecule has 68 valence electrons. The van der Waals surface area contributed by atoms with Crippen molar-refractivity contribution < 1.29 is 0 Å². The van der Waals surface area contributed by atoms with E-state index in [1.54, 1.807) is 10.9 Å². The first-order valence-electron chi connectivity index (χ1n) is 4.14. The molecule has 4 heteroatoms. The topological polar surface area (TPSA) is 48.8 Å². The Bertz CT molecular complexity index is 386. The molecule has 0 spiro atoms. The van der Waals surface area contributed by atoms with E-state index in [9.17, 15) is 0 Å². The summed E-state index contributed by atoms with van der Waals surface area (Å²) in [4.78, 5) is 0. The highest BCUT2D eigenvalue weighted by molar-refractivity contribution is 5.38. The van der Waals surface area contributed by atoms with Crippen molar-refractivity contribution in [2.45, 2.75) is 6.54 Å². The molecule has 2 N–H and O–H groups in total. The van der Waals surface area contributed by atoms with Gasteiger partial charge in [0.2, 0.25) is 0 Å². The van der Waals surface area contributed by atoms with E-state index in [2.05, 4.69) is 9.67 Å². The van der Waals surface area contributed by atoms with Gasteiger partial charge in [-0.3, -0.25) is 4.68 Å². The normalized spacial score (nSPS) is 10.5. The Morgan fingerprint density at radius 1 is 1.38 bits per heavy atom. The lowest BCUT2D eigenvalue weighted by atomic mass is 10.3. The average Bonchev–Trinajstić information content (AvgIpc) is 2.71. The van der Waals surface area contributed by atoms with Crippen LogP contribution in [0.2, 0.25) is 0 Å². The third kappa shape index (κ3) is 1.42. The molecule has 0 aliphatic carbocycles. The molecule has 0 aromatic carbocycles. The minimum Gasteiger partial charge on any atom is -0.384 e. The number of nitrogens with two attached hydrogens (primary N) is 1. The highest BCUT2D eigenvalue weighted by Crippen LogP contribution is 2.10. The molecule has 0 unspecified atom stereocenters. The van der Waals surface area contributed by atoms with Crippen LogP contribution in [-0.2, 0) is 13.6 Å². The largest absolute Gasteiger partial charge is 0.384 e. The SMILES string of the molecule is Cn1ncc(Cn2cccc2)c1N. The van der Waals surface area contributed by atoms with E-state index in [-0.39, 0.29) is 0 Å². The molecule has 2 aromatic rings. The Morgan fingerprint density at radius 3 is 2.62 bits per heavy atom. The monoisotopic (exact) mass is 176 g/mol. The summed E-state index contributed by atoms with van der Waals surface area (Å²) in [6.07, 6.45) is 5.81. The molecule has 2 aromatic heterocycles. The van der Waals surface area contributed by atoms with Crippen LogP contribution in [0.25, 0.3) is 0 Å². The van der Waals surface area contributed by atoms with Gasteiger partial charge in [-0.2, -0.15) is 5.10 Å². The lowest BCUT2D eigenvalue weighted by Gasteiger charge is -2.01. The van der Waals surface area contributed by atoms with Crippen molar-refractivity contribution in [2.75, 3.05) is 5.73 Å². The van der Waals surface area contributed by atoms with Crippen molar-refractivity contribution in [3.8, 4) is 0 Å². The van der Waals surface area contributed by atoms with Crippen molar-refractivity contribution in [2.24, 2.45) is 7.05 Å². The van der Waals surface area contributed by atoms with E-state index < -0.39 is 0 Å². The van der Waals surface area contributed by atoms with Crippen LogP contribution in [0.3, 0.4) is 0 Å². The molecule has 2 rings (SSSR count). The predicted molar refractivity (Wildman–Crippen MR) is 51.2 cm³/mol. The molecule has 0 aliphatic rings. The van der Waals surface area contributed by atoms with E-state index >= 15 is 0 Å². The third-order valence-electron chi connectivity index (χ3n) is 2.08. The number of rotatable bonds is 2. The zero-order chi connectivity index (χ0) is 9.26. The summed E-state index contributed by atoms with van der Waals surface area (Å²) in [7, 11) is 1.84. The minimum atomic E-state index is 0.730. The first-order valence-corrected chi connectivity index (χ1v) is 4.14. The van der Waals surface area contributed by atoms with Crippen molar-refractivity contribution in [1.29, 1.82) is 0 Å². The third-order valence-corrected chi connectivity index (χ3v) is 2.08. The number of hydrogen-bond donors (Lipinski definition) is 1. The second-order valence-electron chi connectivity index (χ2n) is 3.03. The molecular weight excluding hydrogens is 164 g/mol. The van der Waals surface area contributed by atoms with Gasteiger partial charge < -0.3 is 10.3 Å². The highest BCUT2D eigenvalue weighted by atomic mass is 15.3. The molecular formula is C9H12N4. The Kier molecular flexibility index (Phi) is 1.81. The fraction of sp³-hybridized carbons (Fsp3) is 0.222. The maximum atomic E-state index is 5.81. The Labute approximate surface area is 76.6 Å².